The van der Waals surface area contributed by atoms with Crippen molar-refractivity contribution in [1.82, 2.24) is 4.90 Å². The molecule has 1 fully saturated rings. The van der Waals surface area contributed by atoms with Crippen LogP contribution >= 0.6 is 15.9 Å². The first-order valence-electron chi connectivity index (χ1n) is 8.15. The number of hydrogen-bond acceptors (Lipinski definition) is 4. The van der Waals surface area contributed by atoms with Crippen molar-refractivity contribution in [2.24, 2.45) is 0 Å². The fourth-order valence-corrected chi connectivity index (χ4v) is 3.70. The Morgan fingerprint density at radius 1 is 1.12 bits per heavy atom. The Balaban J connectivity index is 1.59. The van der Waals surface area contributed by atoms with E-state index in [9.17, 15) is 4.79 Å². The first-order valence-corrected chi connectivity index (χ1v) is 8.95. The molecule has 1 amide bonds. The van der Waals surface area contributed by atoms with Crippen LogP contribution in [-0.2, 0) is 6.54 Å². The third kappa shape index (κ3) is 3.02. The van der Waals surface area contributed by atoms with Gasteiger partial charge < -0.3 is 18.8 Å². The maximum absolute atomic E-state index is 12.9. The molecule has 0 unspecified atom stereocenters. The van der Waals surface area contributed by atoms with Crippen molar-refractivity contribution in [3.8, 4) is 11.5 Å². The predicted octanol–water partition coefficient (Wildman–Crippen LogP) is 4.36. The summed E-state index contributed by atoms with van der Waals surface area (Å²) in [6.07, 6.45) is 4.41. The van der Waals surface area contributed by atoms with Crippen LogP contribution < -0.4 is 9.47 Å². The minimum atomic E-state index is -0.0646. The molecule has 1 aliphatic carbocycles. The van der Waals surface area contributed by atoms with Gasteiger partial charge in [-0.05, 0) is 58.6 Å². The standard InChI is InChI=1S/C18H18BrNO4/c19-17-8-7-15(24-17)18(21)20(13-3-1-2-4-13)10-12-5-6-14-16(9-12)23-11-22-14/h5-9,13H,1-4,10-11H2. The molecule has 2 aromatic rings. The molecule has 24 heavy (non-hydrogen) atoms. The molecule has 0 spiro atoms. The van der Waals surface area contributed by atoms with Crippen LogP contribution in [-0.4, -0.2) is 23.6 Å². The van der Waals surface area contributed by atoms with E-state index in [-0.39, 0.29) is 18.7 Å². The van der Waals surface area contributed by atoms with Gasteiger partial charge in [-0.1, -0.05) is 18.9 Å². The van der Waals surface area contributed by atoms with Crippen molar-refractivity contribution in [3.63, 3.8) is 0 Å². The Hall–Kier alpha value is -1.95. The van der Waals surface area contributed by atoms with Crippen LogP contribution in [0.4, 0.5) is 0 Å². The number of nitrogens with zero attached hydrogens (tertiary/aromatic N) is 1. The lowest BCUT2D eigenvalue weighted by Gasteiger charge is -2.28. The van der Waals surface area contributed by atoms with Gasteiger partial charge in [0.05, 0.1) is 0 Å². The molecular formula is C18H18BrNO4. The molecule has 0 radical (unpaired) electrons. The fourth-order valence-electron chi connectivity index (χ4n) is 3.39. The zero-order valence-electron chi connectivity index (χ0n) is 13.2. The number of fused-ring (bicyclic) bond motifs is 1. The van der Waals surface area contributed by atoms with Crippen LogP contribution in [0.25, 0.3) is 0 Å². The van der Waals surface area contributed by atoms with Crippen molar-refractivity contribution >= 4 is 21.8 Å². The molecule has 1 saturated carbocycles. The van der Waals surface area contributed by atoms with Gasteiger partial charge in [0.1, 0.15) is 0 Å². The molecule has 126 valence electrons. The molecule has 0 N–H and O–H groups in total. The van der Waals surface area contributed by atoms with Gasteiger partial charge in [-0.25, -0.2) is 0 Å². The molecule has 1 aromatic heterocycles. The summed E-state index contributed by atoms with van der Waals surface area (Å²) in [6, 6.07) is 9.57. The minimum absolute atomic E-state index is 0.0646. The number of carbonyl (C=O) groups excluding carboxylic acids is 1. The summed E-state index contributed by atoms with van der Waals surface area (Å²) in [5, 5.41) is 0. The molecule has 5 nitrogen and oxygen atoms in total. The Morgan fingerprint density at radius 3 is 2.67 bits per heavy atom. The van der Waals surface area contributed by atoms with Crippen molar-refractivity contribution in [3.05, 3.63) is 46.3 Å². The average molecular weight is 392 g/mol. The van der Waals surface area contributed by atoms with E-state index in [1.807, 2.05) is 23.1 Å². The quantitative estimate of drug-likeness (QED) is 0.776. The molecule has 1 aliphatic heterocycles. The third-order valence-corrected chi connectivity index (χ3v) is 5.03. The maximum atomic E-state index is 12.9. The van der Waals surface area contributed by atoms with E-state index in [4.69, 9.17) is 13.9 Å². The average Bonchev–Trinajstić information content (AvgIpc) is 3.32. The van der Waals surface area contributed by atoms with Crippen molar-refractivity contribution in [2.45, 2.75) is 38.3 Å². The van der Waals surface area contributed by atoms with Crippen LogP contribution in [0.5, 0.6) is 11.5 Å². The second-order valence-electron chi connectivity index (χ2n) is 6.16. The van der Waals surface area contributed by atoms with Crippen molar-refractivity contribution in [2.75, 3.05) is 6.79 Å². The topological polar surface area (TPSA) is 51.9 Å². The number of furan rings is 1. The maximum Gasteiger partial charge on any atom is 0.290 e. The fraction of sp³-hybridized carbons (Fsp3) is 0.389. The van der Waals surface area contributed by atoms with E-state index in [2.05, 4.69) is 15.9 Å². The largest absolute Gasteiger partial charge is 0.454 e. The lowest BCUT2D eigenvalue weighted by molar-refractivity contribution is 0.0630. The zero-order valence-corrected chi connectivity index (χ0v) is 14.8. The van der Waals surface area contributed by atoms with Crippen molar-refractivity contribution < 1.29 is 18.7 Å². The summed E-state index contributed by atoms with van der Waals surface area (Å²) in [5.41, 5.74) is 1.03. The van der Waals surface area contributed by atoms with Crippen LogP contribution in [0.15, 0.2) is 39.4 Å². The lowest BCUT2D eigenvalue weighted by Crippen LogP contribution is -2.38. The predicted molar refractivity (Wildman–Crippen MR) is 91.1 cm³/mol. The molecule has 6 heteroatoms. The van der Waals surface area contributed by atoms with Gasteiger partial charge in [0.2, 0.25) is 6.79 Å². The van der Waals surface area contributed by atoms with E-state index in [1.165, 1.54) is 0 Å². The van der Waals surface area contributed by atoms with E-state index in [0.717, 1.165) is 42.7 Å². The molecule has 4 rings (SSSR count). The first kappa shape index (κ1) is 15.6. The van der Waals surface area contributed by atoms with E-state index in [0.29, 0.717) is 17.0 Å². The molecule has 2 aliphatic rings. The lowest BCUT2D eigenvalue weighted by atomic mass is 10.1. The Morgan fingerprint density at radius 2 is 1.92 bits per heavy atom. The highest BCUT2D eigenvalue weighted by Crippen LogP contribution is 2.34. The Bertz CT molecular complexity index is 751. The minimum Gasteiger partial charge on any atom is -0.454 e. The normalized spacial score (nSPS) is 16.5. The van der Waals surface area contributed by atoms with Crippen LogP contribution in [0, 0.1) is 0 Å². The first-order chi connectivity index (χ1) is 11.7. The molecule has 0 atom stereocenters. The third-order valence-electron chi connectivity index (χ3n) is 4.60. The van der Waals surface area contributed by atoms with Crippen LogP contribution in [0.3, 0.4) is 0 Å². The summed E-state index contributed by atoms with van der Waals surface area (Å²) < 4.78 is 16.8. The summed E-state index contributed by atoms with van der Waals surface area (Å²) >= 11 is 3.27. The van der Waals surface area contributed by atoms with E-state index < -0.39 is 0 Å². The van der Waals surface area contributed by atoms with Gasteiger partial charge >= 0.3 is 0 Å². The Labute approximate surface area is 148 Å². The highest BCUT2D eigenvalue weighted by Gasteiger charge is 2.29. The SMILES string of the molecule is O=C(c1ccc(Br)o1)N(Cc1ccc2c(c1)OCO2)C1CCCC1. The summed E-state index contributed by atoms with van der Waals surface area (Å²) in [6.45, 7) is 0.795. The highest BCUT2D eigenvalue weighted by atomic mass is 79.9. The molecular weight excluding hydrogens is 374 g/mol. The summed E-state index contributed by atoms with van der Waals surface area (Å²) in [7, 11) is 0. The smallest absolute Gasteiger partial charge is 0.290 e. The van der Waals surface area contributed by atoms with E-state index in [1.54, 1.807) is 12.1 Å². The van der Waals surface area contributed by atoms with Crippen LogP contribution in [0.2, 0.25) is 0 Å². The summed E-state index contributed by atoms with van der Waals surface area (Å²) in [5.74, 6) is 1.80. The van der Waals surface area contributed by atoms with Gasteiger partial charge in [0, 0.05) is 12.6 Å². The number of halogens is 1. The van der Waals surface area contributed by atoms with Gasteiger partial charge in [-0.3, -0.25) is 4.79 Å². The second-order valence-corrected chi connectivity index (χ2v) is 6.94. The number of amides is 1. The summed E-state index contributed by atoms with van der Waals surface area (Å²) in [4.78, 5) is 14.9. The molecule has 0 bridgehead atoms. The molecule has 2 heterocycles. The number of hydrogen-bond donors (Lipinski definition) is 0. The van der Waals surface area contributed by atoms with Crippen LogP contribution in [0.1, 0.15) is 41.8 Å². The number of benzene rings is 1. The molecule has 1 aromatic carbocycles. The van der Waals surface area contributed by atoms with Crippen molar-refractivity contribution in [1.29, 1.82) is 0 Å². The number of carbonyl (C=O) groups is 1. The number of rotatable bonds is 4. The molecule has 0 saturated heterocycles. The highest BCUT2D eigenvalue weighted by molar-refractivity contribution is 9.10. The Kier molecular flexibility index (Phi) is 4.22. The zero-order chi connectivity index (χ0) is 16.5. The van der Waals surface area contributed by atoms with Gasteiger partial charge in [-0.15, -0.1) is 0 Å². The second kappa shape index (κ2) is 6.51. The van der Waals surface area contributed by atoms with Gasteiger partial charge in [0.15, 0.2) is 21.9 Å². The monoisotopic (exact) mass is 391 g/mol. The van der Waals surface area contributed by atoms with E-state index >= 15 is 0 Å². The van der Waals surface area contributed by atoms with Gasteiger partial charge in [-0.2, -0.15) is 0 Å². The number of ether oxygens (including phenoxy) is 2. The van der Waals surface area contributed by atoms with Gasteiger partial charge in [0.25, 0.3) is 5.91 Å².